The lowest BCUT2D eigenvalue weighted by molar-refractivity contribution is -0.132. The molecule has 160 valence electrons. The number of hydrogen-bond donors (Lipinski definition) is 1. The van der Waals surface area contributed by atoms with Gasteiger partial charge in [-0.3, -0.25) is 9.59 Å². The van der Waals surface area contributed by atoms with E-state index >= 15 is 0 Å². The van der Waals surface area contributed by atoms with E-state index in [0.717, 1.165) is 23.1 Å². The summed E-state index contributed by atoms with van der Waals surface area (Å²) in [5, 5.41) is 12.5. The molecule has 1 unspecified atom stereocenters. The zero-order valence-corrected chi connectivity index (χ0v) is 18.6. The molecule has 6 heteroatoms. The number of carbonyl (C=O) groups is 2. The number of halogens is 1. The van der Waals surface area contributed by atoms with Crippen LogP contribution < -0.4 is 10.2 Å². The molecule has 2 aromatic rings. The monoisotopic (exact) mass is 435 g/mol. The number of carbonyl (C=O) groups excluding carboxylic acids is 2. The Kier molecular flexibility index (Phi) is 7.49. The van der Waals surface area contributed by atoms with Crippen molar-refractivity contribution in [2.24, 2.45) is 5.92 Å². The van der Waals surface area contributed by atoms with Crippen molar-refractivity contribution in [2.45, 2.75) is 33.1 Å². The van der Waals surface area contributed by atoms with Crippen LogP contribution in [0.2, 0.25) is 5.02 Å². The van der Waals surface area contributed by atoms with E-state index in [2.05, 4.69) is 24.4 Å². The molecule has 1 heterocycles. The fourth-order valence-corrected chi connectivity index (χ4v) is 4.04. The van der Waals surface area contributed by atoms with Gasteiger partial charge in [0.05, 0.1) is 11.6 Å². The molecular weight excluding hydrogens is 410 g/mol. The van der Waals surface area contributed by atoms with E-state index < -0.39 is 5.92 Å². The normalized spacial score (nSPS) is 16.3. The lowest BCUT2D eigenvalue weighted by Gasteiger charge is -2.17. The Morgan fingerprint density at radius 3 is 2.71 bits per heavy atom. The maximum Gasteiger partial charge on any atom is 0.239 e. The van der Waals surface area contributed by atoms with Gasteiger partial charge in [0.1, 0.15) is 5.92 Å². The number of anilines is 1. The first-order chi connectivity index (χ1) is 14.9. The highest BCUT2D eigenvalue weighted by atomic mass is 35.5. The Bertz CT molecular complexity index is 1040. The molecule has 3 rings (SSSR count). The molecule has 1 saturated heterocycles. The van der Waals surface area contributed by atoms with Gasteiger partial charge >= 0.3 is 0 Å². The summed E-state index contributed by atoms with van der Waals surface area (Å²) in [6.07, 6.45) is 4.19. The smallest absolute Gasteiger partial charge is 0.239 e. The van der Waals surface area contributed by atoms with Gasteiger partial charge in [-0.2, -0.15) is 5.26 Å². The minimum absolute atomic E-state index is 0.197. The van der Waals surface area contributed by atoms with Crippen LogP contribution in [0.3, 0.4) is 0 Å². The van der Waals surface area contributed by atoms with Gasteiger partial charge in [0.25, 0.3) is 0 Å². The average Bonchev–Trinajstić information content (AvgIpc) is 3.16. The van der Waals surface area contributed by atoms with E-state index in [1.165, 1.54) is 0 Å². The molecule has 1 aliphatic heterocycles. The van der Waals surface area contributed by atoms with Crippen LogP contribution >= 0.6 is 11.6 Å². The van der Waals surface area contributed by atoms with Crippen LogP contribution in [0.4, 0.5) is 5.69 Å². The molecule has 1 atom stereocenters. The number of benzene rings is 2. The summed E-state index contributed by atoms with van der Waals surface area (Å²) in [6.45, 7) is 5.07. The van der Waals surface area contributed by atoms with Gasteiger partial charge in [-0.1, -0.05) is 30.7 Å². The highest BCUT2D eigenvalue weighted by Crippen LogP contribution is 2.27. The minimum Gasteiger partial charge on any atom is -0.355 e. The van der Waals surface area contributed by atoms with Crippen molar-refractivity contribution in [3.05, 3.63) is 70.3 Å². The third kappa shape index (κ3) is 5.34. The largest absolute Gasteiger partial charge is 0.355 e. The Morgan fingerprint density at radius 1 is 1.29 bits per heavy atom. The Balaban J connectivity index is 1.60. The molecule has 0 aromatic heterocycles. The number of nitrogens with one attached hydrogen (secondary N) is 1. The standard InChI is InChI=1S/C25H26ClN3O2/c1-3-4-19(23-15-20(26)8-5-17(23)2)11-13-28-24(30)22-12-14-29(25(22)31)21-9-6-18(16-27)7-10-21/h4-10,15,22H,3,11-14H2,1-2H3,(H,28,30)/b19-4-. The van der Waals surface area contributed by atoms with Gasteiger partial charge in [-0.05, 0) is 79.3 Å². The predicted molar refractivity (Wildman–Crippen MR) is 124 cm³/mol. The van der Waals surface area contributed by atoms with Gasteiger partial charge in [-0.15, -0.1) is 0 Å². The summed E-state index contributed by atoms with van der Waals surface area (Å²) in [6, 6.07) is 14.7. The minimum atomic E-state index is -0.679. The second-order valence-electron chi connectivity index (χ2n) is 7.63. The molecule has 1 fully saturated rings. The van der Waals surface area contributed by atoms with Crippen molar-refractivity contribution >= 4 is 34.7 Å². The van der Waals surface area contributed by atoms with Crippen LogP contribution in [0.25, 0.3) is 5.57 Å². The Hall–Kier alpha value is -3.10. The van der Waals surface area contributed by atoms with E-state index in [4.69, 9.17) is 16.9 Å². The quantitative estimate of drug-likeness (QED) is 0.630. The summed E-state index contributed by atoms with van der Waals surface area (Å²) in [5.74, 6) is -1.11. The van der Waals surface area contributed by atoms with E-state index in [0.29, 0.717) is 42.2 Å². The van der Waals surface area contributed by atoms with Crippen LogP contribution in [-0.4, -0.2) is 24.9 Å². The number of rotatable bonds is 7. The average molecular weight is 436 g/mol. The van der Waals surface area contributed by atoms with Crippen molar-refractivity contribution in [1.82, 2.24) is 5.32 Å². The molecular formula is C25H26ClN3O2. The molecule has 5 nitrogen and oxygen atoms in total. The molecule has 2 aromatic carbocycles. The van der Waals surface area contributed by atoms with Gasteiger partial charge in [0, 0.05) is 23.8 Å². The topological polar surface area (TPSA) is 73.2 Å². The first kappa shape index (κ1) is 22.6. The number of hydrogen-bond acceptors (Lipinski definition) is 3. The maximum atomic E-state index is 12.8. The highest BCUT2D eigenvalue weighted by molar-refractivity contribution is 6.30. The molecule has 0 spiro atoms. The fraction of sp³-hybridized carbons (Fsp3) is 0.320. The van der Waals surface area contributed by atoms with Gasteiger partial charge < -0.3 is 10.2 Å². The molecule has 2 amide bonds. The lowest BCUT2D eigenvalue weighted by Crippen LogP contribution is -2.37. The SMILES string of the molecule is CC/C=C(/CCNC(=O)C1CCN(c2ccc(C#N)cc2)C1=O)c1cc(Cl)ccc1C. The zero-order valence-electron chi connectivity index (χ0n) is 17.8. The van der Waals surface area contributed by atoms with Gasteiger partial charge in [-0.25, -0.2) is 0 Å². The molecule has 0 aliphatic carbocycles. The fourth-order valence-electron chi connectivity index (χ4n) is 3.87. The van der Waals surface area contributed by atoms with Crippen LogP contribution in [0.1, 0.15) is 42.9 Å². The third-order valence-corrected chi connectivity index (χ3v) is 5.75. The van der Waals surface area contributed by atoms with E-state index in [1.54, 1.807) is 29.2 Å². The number of nitriles is 1. The van der Waals surface area contributed by atoms with Crippen molar-refractivity contribution in [1.29, 1.82) is 5.26 Å². The summed E-state index contributed by atoms with van der Waals surface area (Å²) in [5.41, 5.74) is 4.62. The van der Waals surface area contributed by atoms with Crippen molar-refractivity contribution in [3.8, 4) is 6.07 Å². The lowest BCUT2D eigenvalue weighted by atomic mass is 9.97. The van der Waals surface area contributed by atoms with Crippen molar-refractivity contribution in [3.63, 3.8) is 0 Å². The summed E-state index contributed by atoms with van der Waals surface area (Å²) >= 11 is 6.17. The molecule has 0 bridgehead atoms. The van der Waals surface area contributed by atoms with Crippen LogP contribution in [-0.2, 0) is 9.59 Å². The molecule has 0 saturated carbocycles. The molecule has 1 aliphatic rings. The Labute approximate surface area is 188 Å². The first-order valence-electron chi connectivity index (χ1n) is 10.5. The zero-order chi connectivity index (χ0) is 22.4. The maximum absolute atomic E-state index is 12.8. The van der Waals surface area contributed by atoms with E-state index in [-0.39, 0.29) is 11.8 Å². The summed E-state index contributed by atoms with van der Waals surface area (Å²) < 4.78 is 0. The third-order valence-electron chi connectivity index (χ3n) is 5.52. The van der Waals surface area contributed by atoms with Crippen LogP contribution in [0.15, 0.2) is 48.5 Å². The number of allylic oxidation sites excluding steroid dienone is 1. The van der Waals surface area contributed by atoms with Gasteiger partial charge in [0.15, 0.2) is 0 Å². The second-order valence-corrected chi connectivity index (χ2v) is 8.06. The molecule has 0 radical (unpaired) electrons. The summed E-state index contributed by atoms with van der Waals surface area (Å²) in [4.78, 5) is 27.1. The number of amides is 2. The molecule has 31 heavy (non-hydrogen) atoms. The number of aryl methyl sites for hydroxylation is 1. The predicted octanol–water partition coefficient (Wildman–Crippen LogP) is 4.87. The second kappa shape index (κ2) is 10.3. The van der Waals surface area contributed by atoms with Crippen LogP contribution in [0.5, 0.6) is 0 Å². The van der Waals surface area contributed by atoms with E-state index in [9.17, 15) is 9.59 Å². The highest BCUT2D eigenvalue weighted by Gasteiger charge is 2.37. The Morgan fingerprint density at radius 2 is 2.03 bits per heavy atom. The van der Waals surface area contributed by atoms with Gasteiger partial charge in [0.2, 0.25) is 11.8 Å². The van der Waals surface area contributed by atoms with Crippen LogP contribution in [0, 0.1) is 24.2 Å². The molecule has 1 N–H and O–H groups in total. The summed E-state index contributed by atoms with van der Waals surface area (Å²) in [7, 11) is 0. The number of nitrogens with zero attached hydrogens (tertiary/aromatic N) is 2. The van der Waals surface area contributed by atoms with Crippen molar-refractivity contribution < 1.29 is 9.59 Å². The van der Waals surface area contributed by atoms with E-state index in [1.807, 2.05) is 25.1 Å². The van der Waals surface area contributed by atoms with Crippen molar-refractivity contribution in [2.75, 3.05) is 18.0 Å². The first-order valence-corrected chi connectivity index (χ1v) is 10.9.